The van der Waals surface area contributed by atoms with Crippen LogP contribution >= 0.6 is 0 Å². The Morgan fingerprint density at radius 3 is 2.77 bits per heavy atom. The fourth-order valence-electron chi connectivity index (χ4n) is 4.70. The molecule has 7 nitrogen and oxygen atoms in total. The topological polar surface area (TPSA) is 91.5 Å². The molecule has 1 unspecified atom stereocenters. The summed E-state index contributed by atoms with van der Waals surface area (Å²) in [6.45, 7) is 1.78. The summed E-state index contributed by atoms with van der Waals surface area (Å²) in [5.41, 5.74) is 1.53. The maximum Gasteiger partial charge on any atom is 0.227 e. The second kappa shape index (κ2) is 7.31. The molecule has 0 bridgehead atoms. The first-order valence-electron chi connectivity index (χ1n) is 11.1. The zero-order valence-corrected chi connectivity index (χ0v) is 18.2. The van der Waals surface area contributed by atoms with E-state index in [9.17, 15) is 9.32 Å². The Morgan fingerprint density at radius 2 is 2.03 bits per heavy atom. The summed E-state index contributed by atoms with van der Waals surface area (Å²) in [4.78, 5) is 12.6. The maximum absolute atomic E-state index is 12.5. The lowest BCUT2D eigenvalue weighted by Gasteiger charge is -2.31. The Bertz CT molecular complexity index is 1130. The van der Waals surface area contributed by atoms with Gasteiger partial charge in [0.2, 0.25) is 5.95 Å². The molecular weight excluding hydrogens is 412 g/mol. The molecule has 3 aliphatic rings. The van der Waals surface area contributed by atoms with Crippen molar-refractivity contribution in [1.29, 1.82) is 0 Å². The number of aryl methyl sites for hydroxylation is 1. The van der Waals surface area contributed by atoms with Crippen molar-refractivity contribution < 1.29 is 13.7 Å². The summed E-state index contributed by atoms with van der Waals surface area (Å²) in [6, 6.07) is 10.3. The quantitative estimate of drug-likeness (QED) is 0.632. The van der Waals surface area contributed by atoms with Crippen LogP contribution in [0.25, 0.3) is 11.0 Å². The maximum atomic E-state index is 12.5. The number of hydrogen-bond acceptors (Lipinski definition) is 7. The predicted molar refractivity (Wildman–Crippen MR) is 120 cm³/mol. The summed E-state index contributed by atoms with van der Waals surface area (Å²) in [6.07, 6.45) is 4.50. The molecule has 6 rings (SSSR count). The third-order valence-electron chi connectivity index (χ3n) is 6.84. The van der Waals surface area contributed by atoms with Crippen molar-refractivity contribution in [3.05, 3.63) is 41.8 Å². The van der Waals surface area contributed by atoms with Gasteiger partial charge < -0.3 is 19.7 Å². The largest absolute Gasteiger partial charge is 0.461 e. The molecule has 1 aromatic carbocycles. The van der Waals surface area contributed by atoms with Crippen LogP contribution in [0.3, 0.4) is 0 Å². The molecular formula is C23H26N4O3S. The van der Waals surface area contributed by atoms with Gasteiger partial charge in [-0.2, -0.15) is 4.98 Å². The molecule has 31 heavy (non-hydrogen) atoms. The molecule has 0 amide bonds. The van der Waals surface area contributed by atoms with E-state index in [1.165, 1.54) is 0 Å². The van der Waals surface area contributed by atoms with Crippen LogP contribution in [0, 0.1) is 0 Å². The summed E-state index contributed by atoms with van der Waals surface area (Å²) < 4.78 is 18.6. The van der Waals surface area contributed by atoms with Gasteiger partial charge in [0, 0.05) is 36.6 Å². The number of nitrogens with zero attached hydrogens (tertiary/aromatic N) is 3. The molecule has 1 saturated carbocycles. The van der Waals surface area contributed by atoms with Gasteiger partial charge in [-0.05, 0) is 37.8 Å². The Kier molecular flexibility index (Phi) is 4.54. The Hall–Kier alpha value is -2.45. The van der Waals surface area contributed by atoms with Gasteiger partial charge in [0.25, 0.3) is 0 Å². The lowest BCUT2D eigenvalue weighted by atomic mass is 9.94. The average Bonchev–Trinajstić information content (AvgIpc) is 3.26. The van der Waals surface area contributed by atoms with E-state index in [4.69, 9.17) is 14.4 Å². The second-order valence-corrected chi connectivity index (χ2v) is 10.5. The molecule has 2 aliphatic heterocycles. The fourth-order valence-corrected chi connectivity index (χ4v) is 6.01. The van der Waals surface area contributed by atoms with Crippen molar-refractivity contribution >= 4 is 33.5 Å². The van der Waals surface area contributed by atoms with Crippen LogP contribution in [0.2, 0.25) is 0 Å². The second-order valence-electron chi connectivity index (χ2n) is 8.96. The zero-order valence-electron chi connectivity index (χ0n) is 17.3. The number of aliphatic hydroxyl groups is 1. The molecule has 4 heterocycles. The summed E-state index contributed by atoms with van der Waals surface area (Å²) in [7, 11) is -1.07. The number of aliphatic hydroxyl groups excluding tert-OH is 1. The molecule has 1 atom stereocenters. The average molecular weight is 439 g/mol. The molecule has 2 N–H and O–H groups in total. The van der Waals surface area contributed by atoms with Gasteiger partial charge >= 0.3 is 0 Å². The molecule has 0 spiro atoms. The number of hydrogen-bond donors (Lipinski definition) is 2. The molecule has 1 saturated heterocycles. The third-order valence-corrected chi connectivity index (χ3v) is 8.30. The van der Waals surface area contributed by atoms with Crippen molar-refractivity contribution in [2.24, 2.45) is 0 Å². The van der Waals surface area contributed by atoms with Crippen LogP contribution < -0.4 is 10.2 Å². The highest BCUT2D eigenvalue weighted by Gasteiger charge is 2.44. The van der Waals surface area contributed by atoms with Crippen LogP contribution in [0.5, 0.6) is 0 Å². The van der Waals surface area contributed by atoms with E-state index in [0.29, 0.717) is 29.9 Å². The highest BCUT2D eigenvalue weighted by molar-refractivity contribution is 7.85. The predicted octanol–water partition coefficient (Wildman–Crippen LogP) is 3.21. The SMILES string of the molecule is O=S1CCc2nc(N3CCC(c4cc5ccccc5o4)CC3)nc(NC3(CO)CC3)c21. The highest BCUT2D eigenvalue weighted by Crippen LogP contribution is 2.41. The van der Waals surface area contributed by atoms with E-state index in [2.05, 4.69) is 22.3 Å². The summed E-state index contributed by atoms with van der Waals surface area (Å²) in [5.74, 6) is 3.42. The number of benzene rings is 1. The minimum atomic E-state index is -1.07. The van der Waals surface area contributed by atoms with Gasteiger partial charge in [-0.3, -0.25) is 4.21 Å². The number of fused-ring (bicyclic) bond motifs is 2. The van der Waals surface area contributed by atoms with Crippen LogP contribution in [0.4, 0.5) is 11.8 Å². The van der Waals surface area contributed by atoms with E-state index in [1.54, 1.807) is 0 Å². The van der Waals surface area contributed by atoms with Gasteiger partial charge in [0.05, 0.1) is 28.6 Å². The molecule has 8 heteroatoms. The lowest BCUT2D eigenvalue weighted by Crippen LogP contribution is -2.35. The van der Waals surface area contributed by atoms with E-state index < -0.39 is 10.8 Å². The van der Waals surface area contributed by atoms with E-state index in [-0.39, 0.29) is 12.1 Å². The molecule has 1 aliphatic carbocycles. The van der Waals surface area contributed by atoms with Gasteiger partial charge in [0.1, 0.15) is 22.1 Å². The van der Waals surface area contributed by atoms with Crippen LogP contribution in [0.15, 0.2) is 39.6 Å². The van der Waals surface area contributed by atoms with E-state index in [1.807, 2.05) is 18.2 Å². The minimum Gasteiger partial charge on any atom is -0.461 e. The number of piperidine rings is 1. The number of para-hydroxylation sites is 1. The fraction of sp³-hybridized carbons (Fsp3) is 0.478. The van der Waals surface area contributed by atoms with Crippen molar-refractivity contribution in [2.45, 2.75) is 48.5 Å². The van der Waals surface area contributed by atoms with Gasteiger partial charge in [0.15, 0.2) is 0 Å². The molecule has 2 fully saturated rings. The number of furan rings is 1. The first-order chi connectivity index (χ1) is 15.1. The zero-order chi connectivity index (χ0) is 21.0. The van der Waals surface area contributed by atoms with Crippen molar-refractivity contribution in [3.63, 3.8) is 0 Å². The Balaban J connectivity index is 1.23. The minimum absolute atomic E-state index is 0.0661. The van der Waals surface area contributed by atoms with E-state index in [0.717, 1.165) is 66.1 Å². The van der Waals surface area contributed by atoms with Gasteiger partial charge in [-0.15, -0.1) is 0 Å². The molecule has 2 aromatic heterocycles. The van der Waals surface area contributed by atoms with E-state index >= 15 is 0 Å². The highest BCUT2D eigenvalue weighted by atomic mass is 32.2. The van der Waals surface area contributed by atoms with Crippen molar-refractivity contribution in [2.75, 3.05) is 35.7 Å². The van der Waals surface area contributed by atoms with Crippen LogP contribution in [-0.2, 0) is 17.2 Å². The monoisotopic (exact) mass is 438 g/mol. The molecule has 3 aromatic rings. The smallest absolute Gasteiger partial charge is 0.227 e. The first kappa shape index (κ1) is 19.3. The molecule has 0 radical (unpaired) electrons. The number of nitrogens with one attached hydrogen (secondary N) is 1. The number of rotatable bonds is 5. The van der Waals surface area contributed by atoms with Gasteiger partial charge in [-0.1, -0.05) is 18.2 Å². The molecule has 162 valence electrons. The third kappa shape index (κ3) is 3.42. The van der Waals surface area contributed by atoms with Gasteiger partial charge in [-0.25, -0.2) is 4.98 Å². The number of anilines is 2. The first-order valence-corrected chi connectivity index (χ1v) is 12.4. The summed E-state index contributed by atoms with van der Waals surface area (Å²) >= 11 is 0. The van der Waals surface area contributed by atoms with Crippen molar-refractivity contribution in [3.8, 4) is 0 Å². The standard InChI is InChI=1S/C23H26N4O3S/c28-14-23(8-9-23)26-21-20-17(7-12-31(20)29)24-22(25-21)27-10-5-15(6-11-27)19-13-16-3-1-2-4-18(16)30-19/h1-4,13,15,28H,5-12,14H2,(H,24,25,26). The Morgan fingerprint density at radius 1 is 1.23 bits per heavy atom. The lowest BCUT2D eigenvalue weighted by molar-refractivity contribution is 0.265. The van der Waals surface area contributed by atoms with Crippen LogP contribution in [-0.4, -0.2) is 50.3 Å². The number of aromatic nitrogens is 2. The van der Waals surface area contributed by atoms with Crippen LogP contribution in [0.1, 0.15) is 43.1 Å². The normalized spacial score (nSPS) is 22.6. The summed E-state index contributed by atoms with van der Waals surface area (Å²) in [5, 5.41) is 14.3. The van der Waals surface area contributed by atoms with Crippen molar-refractivity contribution in [1.82, 2.24) is 9.97 Å². The Labute approximate surface area is 183 Å².